The third kappa shape index (κ3) is 12.5. The summed E-state index contributed by atoms with van der Waals surface area (Å²) in [5.74, 6) is -0.00396. The van der Waals surface area contributed by atoms with Crippen LogP contribution in [0, 0.1) is 0 Å². The molecule has 0 N–H and O–H groups in total. The molecule has 0 aromatic heterocycles. The first-order chi connectivity index (χ1) is 30.8. The molecule has 0 spiro atoms. The van der Waals surface area contributed by atoms with Crippen LogP contribution >= 0.6 is 0 Å². The van der Waals surface area contributed by atoms with E-state index in [-0.39, 0.29) is 24.7 Å². The molecule has 0 amide bonds. The van der Waals surface area contributed by atoms with Gasteiger partial charge in [0.05, 0.1) is 38.2 Å². The van der Waals surface area contributed by atoms with Gasteiger partial charge in [0.15, 0.2) is 0 Å². The van der Waals surface area contributed by atoms with E-state index in [1.807, 2.05) is 52.5 Å². The van der Waals surface area contributed by atoms with Crippen molar-refractivity contribution in [3.63, 3.8) is 0 Å². The topological polar surface area (TPSA) is 130 Å². The van der Waals surface area contributed by atoms with Crippen molar-refractivity contribution in [1.82, 2.24) is 9.80 Å². The molecule has 2 aliphatic carbocycles. The molecule has 0 aliphatic heterocycles. The molecule has 0 saturated heterocycles. The first-order valence-corrected chi connectivity index (χ1v) is 22.5. The van der Waals surface area contributed by atoms with Gasteiger partial charge in [-0.1, -0.05) is 37.1 Å². The highest BCUT2D eigenvalue weighted by Gasteiger charge is 2.46. The number of carbonyl (C=O) groups excluding carboxylic acids is 4. The summed E-state index contributed by atoms with van der Waals surface area (Å²) in [4.78, 5) is 57.8. The second-order valence-corrected chi connectivity index (χ2v) is 17.7. The Hall–Kier alpha value is -5.72. The molecule has 2 unspecified atom stereocenters. The Morgan fingerprint density at radius 2 is 0.781 bits per heavy atom. The molecule has 2 saturated carbocycles. The van der Waals surface area contributed by atoms with Gasteiger partial charge in [0.1, 0.15) is 34.2 Å². The number of esters is 4. The highest BCUT2D eigenvalue weighted by atomic mass is 16.6. The molecule has 0 heterocycles. The van der Waals surface area contributed by atoms with Crippen LogP contribution in [0.1, 0.15) is 121 Å². The Kier molecular flexibility index (Phi) is 16.6. The van der Waals surface area contributed by atoms with E-state index in [4.69, 9.17) is 28.4 Å². The molecule has 4 aromatic carbocycles. The molecule has 342 valence electrons. The average Bonchev–Trinajstić information content (AvgIpc) is 3.30. The Morgan fingerprint density at radius 1 is 0.469 bits per heavy atom. The lowest BCUT2D eigenvalue weighted by Gasteiger charge is -2.44. The van der Waals surface area contributed by atoms with Crippen LogP contribution in [0.15, 0.2) is 97.1 Å². The van der Waals surface area contributed by atoms with Gasteiger partial charge >= 0.3 is 23.9 Å². The lowest BCUT2D eigenvalue weighted by Crippen LogP contribution is -2.47. The fraction of sp³-hybridized carbons (Fsp3) is 0.462. The quantitative estimate of drug-likeness (QED) is 0.0657. The summed E-state index contributed by atoms with van der Waals surface area (Å²) < 4.78 is 34.9. The molecule has 12 heteroatoms. The van der Waals surface area contributed by atoms with Crippen molar-refractivity contribution in [3.05, 3.63) is 119 Å². The smallest absolute Gasteiger partial charge is 0.343 e. The maximum absolute atomic E-state index is 13.9. The largest absolute Gasteiger partial charge is 0.497 e. The zero-order chi connectivity index (χ0) is 45.7. The molecule has 4 aromatic rings. The lowest BCUT2D eigenvalue weighted by molar-refractivity contribution is -0.174. The minimum atomic E-state index is -0.776. The van der Waals surface area contributed by atoms with Gasteiger partial charge in [0.2, 0.25) is 0 Å². The zero-order valence-electron chi connectivity index (χ0n) is 38.3. The third-order valence-corrected chi connectivity index (χ3v) is 12.6. The summed E-state index contributed by atoms with van der Waals surface area (Å²) in [6.07, 6.45) is 8.36. The molecular weight excluding hydrogens is 813 g/mol. The number of benzene rings is 4. The highest BCUT2D eigenvalue weighted by Crippen LogP contribution is 2.46. The van der Waals surface area contributed by atoms with Gasteiger partial charge in [-0.2, -0.15) is 0 Å². The van der Waals surface area contributed by atoms with Crippen molar-refractivity contribution in [1.29, 1.82) is 0 Å². The number of likely N-dealkylation sites (N-methyl/N-ethyl adjacent to an activating group) is 2. The van der Waals surface area contributed by atoms with Crippen LogP contribution < -0.4 is 18.9 Å². The highest BCUT2D eigenvalue weighted by molar-refractivity contribution is 5.91. The fourth-order valence-corrected chi connectivity index (χ4v) is 9.31. The number of rotatable bonds is 19. The zero-order valence-corrected chi connectivity index (χ0v) is 38.3. The van der Waals surface area contributed by atoms with Crippen molar-refractivity contribution in [2.75, 3.05) is 55.5 Å². The summed E-state index contributed by atoms with van der Waals surface area (Å²) in [5, 5.41) is 0. The summed E-state index contributed by atoms with van der Waals surface area (Å²) in [6.45, 7) is 1.25. The normalized spacial score (nSPS) is 16.6. The van der Waals surface area contributed by atoms with Crippen LogP contribution in [0.25, 0.3) is 0 Å². The van der Waals surface area contributed by atoms with Crippen molar-refractivity contribution in [2.45, 2.75) is 100 Å². The van der Waals surface area contributed by atoms with E-state index in [9.17, 15) is 19.2 Å². The summed E-state index contributed by atoms with van der Waals surface area (Å²) in [5.41, 5.74) is 1.21. The van der Waals surface area contributed by atoms with Crippen molar-refractivity contribution in [3.8, 4) is 23.0 Å². The molecule has 2 aliphatic rings. The van der Waals surface area contributed by atoms with Crippen LogP contribution in [0.5, 0.6) is 23.0 Å². The number of hydrogen-bond donors (Lipinski definition) is 0. The summed E-state index contributed by atoms with van der Waals surface area (Å²) >= 11 is 0. The van der Waals surface area contributed by atoms with Gasteiger partial charge in [-0.3, -0.25) is 9.59 Å². The van der Waals surface area contributed by atoms with E-state index in [1.165, 1.54) is 0 Å². The molecule has 64 heavy (non-hydrogen) atoms. The minimum absolute atomic E-state index is 0.0990. The monoisotopic (exact) mass is 876 g/mol. The van der Waals surface area contributed by atoms with E-state index in [0.717, 1.165) is 49.7 Å². The predicted molar refractivity (Wildman–Crippen MR) is 244 cm³/mol. The minimum Gasteiger partial charge on any atom is -0.497 e. The Labute approximate surface area is 378 Å². The van der Waals surface area contributed by atoms with E-state index < -0.39 is 35.1 Å². The van der Waals surface area contributed by atoms with Gasteiger partial charge in [0, 0.05) is 24.9 Å². The third-order valence-electron chi connectivity index (χ3n) is 12.6. The molecule has 2 atom stereocenters. The standard InChI is InChI=1S/C52H64N2O10/c1-53(2)35-45(37-13-25-43(26-14-37)61-49(57)39-17-21-41(59-5)22-18-39)51(31-9-7-10-32-51)63-47(55)29-30-48(56)64-52(33-11-8-12-34-52)46(36-54(3)4)38-15-27-44(28-16-38)62-50(58)40-19-23-42(60-6)24-20-40/h13-28,45-46H,7-12,29-36H2,1-6H3. The SMILES string of the molecule is COc1ccc(C(=O)Oc2ccc(C(CN(C)C)C3(OC(=O)CCC(=O)OC4(C(CN(C)C)c5ccc(OC(=O)c6ccc(OC)cc6)cc5)CCCCC4)CCCCC3)cc2)cc1. The van der Waals surface area contributed by atoms with E-state index >= 15 is 0 Å². The van der Waals surface area contributed by atoms with Crippen LogP contribution in [0.4, 0.5) is 0 Å². The van der Waals surface area contributed by atoms with Crippen LogP contribution in [0.2, 0.25) is 0 Å². The molecule has 0 bridgehead atoms. The number of ether oxygens (including phenoxy) is 6. The maximum atomic E-state index is 13.9. The fourth-order valence-electron chi connectivity index (χ4n) is 9.31. The molecule has 12 nitrogen and oxygen atoms in total. The molecular formula is C52H64N2O10. The van der Waals surface area contributed by atoms with Crippen molar-refractivity contribution >= 4 is 23.9 Å². The van der Waals surface area contributed by atoms with E-state index in [1.54, 1.807) is 87.0 Å². The maximum Gasteiger partial charge on any atom is 0.343 e. The number of hydrogen-bond acceptors (Lipinski definition) is 12. The second kappa shape index (κ2) is 22.3. The van der Waals surface area contributed by atoms with E-state index in [0.29, 0.717) is 72.9 Å². The molecule has 6 rings (SSSR count). The van der Waals surface area contributed by atoms with Crippen LogP contribution in [-0.4, -0.2) is 100 Å². The van der Waals surface area contributed by atoms with Gasteiger partial charge in [-0.25, -0.2) is 9.59 Å². The Balaban J connectivity index is 1.13. The van der Waals surface area contributed by atoms with Crippen molar-refractivity contribution in [2.24, 2.45) is 0 Å². The van der Waals surface area contributed by atoms with Crippen LogP contribution in [-0.2, 0) is 19.1 Å². The number of methoxy groups -OCH3 is 2. The van der Waals surface area contributed by atoms with Gasteiger partial charge < -0.3 is 38.2 Å². The van der Waals surface area contributed by atoms with Gasteiger partial charge in [0.25, 0.3) is 0 Å². The summed E-state index contributed by atoms with van der Waals surface area (Å²) in [7, 11) is 11.2. The Morgan fingerprint density at radius 3 is 1.08 bits per heavy atom. The van der Waals surface area contributed by atoms with E-state index in [2.05, 4.69) is 9.80 Å². The number of nitrogens with zero attached hydrogens (tertiary/aromatic N) is 2. The van der Waals surface area contributed by atoms with Crippen molar-refractivity contribution < 1.29 is 47.6 Å². The Bertz CT molecular complexity index is 1980. The molecule has 2 fully saturated rings. The second-order valence-electron chi connectivity index (χ2n) is 17.7. The predicted octanol–water partition coefficient (Wildman–Crippen LogP) is 9.41. The first-order valence-electron chi connectivity index (χ1n) is 22.5. The van der Waals surface area contributed by atoms with Crippen LogP contribution in [0.3, 0.4) is 0 Å². The average molecular weight is 877 g/mol. The lowest BCUT2D eigenvalue weighted by atomic mass is 9.72. The molecule has 0 radical (unpaired) electrons. The van der Waals surface area contributed by atoms with Gasteiger partial charge in [-0.05, 0) is 163 Å². The summed E-state index contributed by atoms with van der Waals surface area (Å²) in [6, 6.07) is 28.4. The van der Waals surface area contributed by atoms with Gasteiger partial charge in [-0.15, -0.1) is 0 Å². The first kappa shape index (κ1) is 47.8. The number of carbonyl (C=O) groups is 4.